The lowest BCUT2D eigenvalue weighted by Crippen LogP contribution is -2.33. The Hall–Kier alpha value is -1.84. The Kier molecular flexibility index (Phi) is 4.66. The molecule has 0 atom stereocenters. The molecule has 0 aromatic heterocycles. The third-order valence-electron chi connectivity index (χ3n) is 4.52. The van der Waals surface area contributed by atoms with Crippen molar-refractivity contribution in [2.24, 2.45) is 5.41 Å². The number of rotatable bonds is 5. The van der Waals surface area contributed by atoms with Crippen molar-refractivity contribution in [3.05, 3.63) is 29.3 Å². The molecule has 0 aliphatic heterocycles. The van der Waals surface area contributed by atoms with Crippen molar-refractivity contribution < 1.29 is 14.7 Å². The van der Waals surface area contributed by atoms with Crippen molar-refractivity contribution in [1.82, 2.24) is 0 Å². The maximum Gasteiger partial charge on any atom is 0.310 e. The Bertz CT molecular complexity index is 545. The molecule has 0 bridgehead atoms. The molecule has 1 fully saturated rings. The average molecular weight is 289 g/mol. The minimum absolute atomic E-state index is 0.0693. The molecule has 21 heavy (non-hydrogen) atoms. The van der Waals surface area contributed by atoms with E-state index >= 15 is 0 Å². The lowest BCUT2D eigenvalue weighted by Gasteiger charge is -2.23. The van der Waals surface area contributed by atoms with Gasteiger partial charge in [-0.2, -0.15) is 0 Å². The van der Waals surface area contributed by atoms with E-state index in [-0.39, 0.29) is 12.3 Å². The van der Waals surface area contributed by atoms with Gasteiger partial charge < -0.3 is 10.4 Å². The van der Waals surface area contributed by atoms with E-state index in [0.29, 0.717) is 12.8 Å². The number of hydrogen-bond donors (Lipinski definition) is 2. The number of carbonyl (C=O) groups is 2. The smallest absolute Gasteiger partial charge is 0.310 e. The average Bonchev–Trinajstić information content (AvgIpc) is 2.91. The molecule has 2 N–H and O–H groups in total. The summed E-state index contributed by atoms with van der Waals surface area (Å²) in [5.41, 5.74) is 2.07. The molecule has 0 saturated heterocycles. The number of para-hydroxylation sites is 1. The maximum atomic E-state index is 12.3. The second-order valence-corrected chi connectivity index (χ2v) is 5.98. The third kappa shape index (κ3) is 3.26. The SMILES string of the molecule is CCc1cccc(C)c1NC(=O)CC1(C(=O)O)CCCC1. The van der Waals surface area contributed by atoms with Crippen LogP contribution < -0.4 is 5.32 Å². The van der Waals surface area contributed by atoms with Crippen molar-refractivity contribution in [3.8, 4) is 0 Å². The van der Waals surface area contributed by atoms with Crippen molar-refractivity contribution >= 4 is 17.6 Å². The minimum Gasteiger partial charge on any atom is -0.481 e. The highest BCUT2D eigenvalue weighted by Crippen LogP contribution is 2.41. The Morgan fingerprint density at radius 3 is 2.52 bits per heavy atom. The summed E-state index contributed by atoms with van der Waals surface area (Å²) in [7, 11) is 0. The number of benzene rings is 1. The zero-order chi connectivity index (χ0) is 15.5. The number of carboxylic acids is 1. The van der Waals surface area contributed by atoms with Crippen molar-refractivity contribution in [2.75, 3.05) is 5.32 Å². The van der Waals surface area contributed by atoms with Crippen molar-refractivity contribution in [2.45, 2.75) is 52.4 Å². The predicted octanol–water partition coefficient (Wildman–Crippen LogP) is 3.53. The number of aliphatic carboxylic acids is 1. The number of carbonyl (C=O) groups excluding carboxylic acids is 1. The van der Waals surface area contributed by atoms with Gasteiger partial charge in [-0.3, -0.25) is 9.59 Å². The summed E-state index contributed by atoms with van der Waals surface area (Å²) in [6, 6.07) is 5.92. The summed E-state index contributed by atoms with van der Waals surface area (Å²) >= 11 is 0. The normalized spacial score (nSPS) is 16.7. The van der Waals surface area contributed by atoms with E-state index < -0.39 is 11.4 Å². The van der Waals surface area contributed by atoms with Crippen LogP contribution in [-0.2, 0) is 16.0 Å². The predicted molar refractivity (Wildman–Crippen MR) is 82.3 cm³/mol. The van der Waals surface area contributed by atoms with Crippen LogP contribution in [0.25, 0.3) is 0 Å². The number of aryl methyl sites for hydroxylation is 2. The van der Waals surface area contributed by atoms with Gasteiger partial charge >= 0.3 is 5.97 Å². The first-order valence-corrected chi connectivity index (χ1v) is 7.60. The second kappa shape index (κ2) is 6.29. The molecule has 1 amide bonds. The molecular weight excluding hydrogens is 266 g/mol. The Labute approximate surface area is 125 Å². The Morgan fingerprint density at radius 2 is 1.95 bits per heavy atom. The van der Waals surface area contributed by atoms with Crippen LogP contribution >= 0.6 is 0 Å². The second-order valence-electron chi connectivity index (χ2n) is 5.98. The lowest BCUT2D eigenvalue weighted by molar-refractivity contribution is -0.150. The number of amides is 1. The number of hydrogen-bond acceptors (Lipinski definition) is 2. The third-order valence-corrected chi connectivity index (χ3v) is 4.52. The fourth-order valence-electron chi connectivity index (χ4n) is 3.21. The molecule has 4 nitrogen and oxygen atoms in total. The molecule has 0 unspecified atom stereocenters. The molecule has 1 aromatic rings. The van der Waals surface area contributed by atoms with Gasteiger partial charge in [-0.1, -0.05) is 38.0 Å². The first-order valence-electron chi connectivity index (χ1n) is 7.60. The van der Waals surface area contributed by atoms with Crippen molar-refractivity contribution in [3.63, 3.8) is 0 Å². The van der Waals surface area contributed by atoms with Crippen LogP contribution in [0.5, 0.6) is 0 Å². The van der Waals surface area contributed by atoms with Gasteiger partial charge in [0.25, 0.3) is 0 Å². The van der Waals surface area contributed by atoms with E-state index in [1.165, 1.54) is 0 Å². The number of anilines is 1. The molecule has 1 aromatic carbocycles. The molecule has 2 rings (SSSR count). The van der Waals surface area contributed by atoms with Crippen LogP contribution in [0.4, 0.5) is 5.69 Å². The fourth-order valence-corrected chi connectivity index (χ4v) is 3.21. The largest absolute Gasteiger partial charge is 0.481 e. The zero-order valence-corrected chi connectivity index (χ0v) is 12.7. The van der Waals surface area contributed by atoms with E-state index in [0.717, 1.165) is 36.1 Å². The van der Waals surface area contributed by atoms with Crippen LogP contribution in [0.2, 0.25) is 0 Å². The van der Waals surface area contributed by atoms with Gasteiger partial charge in [-0.25, -0.2) is 0 Å². The molecule has 1 aliphatic carbocycles. The first kappa shape index (κ1) is 15.5. The van der Waals surface area contributed by atoms with Crippen LogP contribution in [0, 0.1) is 12.3 Å². The van der Waals surface area contributed by atoms with Crippen molar-refractivity contribution in [1.29, 1.82) is 0 Å². The Balaban J connectivity index is 2.14. The molecule has 0 spiro atoms. The molecule has 1 saturated carbocycles. The first-order chi connectivity index (χ1) is 9.98. The highest BCUT2D eigenvalue weighted by molar-refractivity contribution is 5.95. The number of carboxylic acid groups (broad SMARTS) is 1. The summed E-state index contributed by atoms with van der Waals surface area (Å²) in [6.07, 6.45) is 3.89. The Morgan fingerprint density at radius 1 is 1.29 bits per heavy atom. The van der Waals surface area contributed by atoms with Gasteiger partial charge in [-0.05, 0) is 37.3 Å². The standard InChI is InChI=1S/C17H23NO3/c1-3-13-8-6-7-12(2)15(13)18-14(19)11-17(16(20)21)9-4-5-10-17/h6-8H,3-5,9-11H2,1-2H3,(H,18,19)(H,20,21). The minimum atomic E-state index is -0.862. The van der Waals surface area contributed by atoms with E-state index in [1.54, 1.807) is 0 Å². The molecule has 1 aliphatic rings. The van der Waals surface area contributed by atoms with E-state index in [1.807, 2.05) is 32.0 Å². The van der Waals surface area contributed by atoms with Crippen LogP contribution in [0.3, 0.4) is 0 Å². The summed E-state index contributed by atoms with van der Waals surface area (Å²) in [5, 5.41) is 12.4. The van der Waals surface area contributed by atoms with E-state index in [4.69, 9.17) is 0 Å². The highest BCUT2D eigenvalue weighted by atomic mass is 16.4. The van der Waals surface area contributed by atoms with Crippen LogP contribution in [0.1, 0.15) is 50.2 Å². The van der Waals surface area contributed by atoms with Gasteiger partial charge in [0, 0.05) is 12.1 Å². The van der Waals surface area contributed by atoms with Gasteiger partial charge in [-0.15, -0.1) is 0 Å². The number of nitrogens with one attached hydrogen (secondary N) is 1. The van der Waals surface area contributed by atoms with E-state index in [9.17, 15) is 14.7 Å². The van der Waals surface area contributed by atoms with Gasteiger partial charge in [0.15, 0.2) is 0 Å². The van der Waals surface area contributed by atoms with Crippen LogP contribution in [0.15, 0.2) is 18.2 Å². The topological polar surface area (TPSA) is 66.4 Å². The quantitative estimate of drug-likeness (QED) is 0.871. The molecular formula is C17H23NO3. The highest BCUT2D eigenvalue weighted by Gasteiger charge is 2.43. The summed E-state index contributed by atoms with van der Waals surface area (Å²) in [4.78, 5) is 23.8. The molecule has 0 heterocycles. The molecule has 114 valence electrons. The summed E-state index contributed by atoms with van der Waals surface area (Å²) < 4.78 is 0. The summed E-state index contributed by atoms with van der Waals surface area (Å²) in [6.45, 7) is 4.00. The summed E-state index contributed by atoms with van der Waals surface area (Å²) in [5.74, 6) is -1.03. The van der Waals surface area contributed by atoms with Crippen LogP contribution in [-0.4, -0.2) is 17.0 Å². The monoisotopic (exact) mass is 289 g/mol. The molecule has 4 heteroatoms. The lowest BCUT2D eigenvalue weighted by atomic mass is 9.82. The van der Waals surface area contributed by atoms with E-state index in [2.05, 4.69) is 5.32 Å². The van der Waals surface area contributed by atoms with Gasteiger partial charge in [0.1, 0.15) is 0 Å². The van der Waals surface area contributed by atoms with Gasteiger partial charge in [0.2, 0.25) is 5.91 Å². The molecule has 0 radical (unpaired) electrons. The van der Waals surface area contributed by atoms with Gasteiger partial charge in [0.05, 0.1) is 5.41 Å². The fraction of sp³-hybridized carbons (Fsp3) is 0.529. The maximum absolute atomic E-state index is 12.3. The zero-order valence-electron chi connectivity index (χ0n) is 12.7.